The molecule has 0 aromatic carbocycles. The van der Waals surface area contributed by atoms with Gasteiger partial charge < -0.3 is 14.2 Å². The maximum absolute atomic E-state index is 12.7. The molecule has 0 aromatic rings. The van der Waals surface area contributed by atoms with Gasteiger partial charge >= 0.3 is 11.9 Å². The van der Waals surface area contributed by atoms with Crippen LogP contribution in [0.3, 0.4) is 0 Å². The van der Waals surface area contributed by atoms with E-state index in [0.29, 0.717) is 19.4 Å². The third-order valence-electron chi connectivity index (χ3n) is 10.5. The summed E-state index contributed by atoms with van der Waals surface area (Å²) in [6, 6.07) is 0. The number of esters is 2. The van der Waals surface area contributed by atoms with E-state index in [-0.39, 0.29) is 25.2 Å². The molecule has 5 nitrogen and oxygen atoms in total. The standard InChI is InChI=1S/C49H92O5/c1-4-7-10-13-16-19-22-24-26-29-32-35-38-41-44-52-45-47(54-49(51)43-40-37-34-31-27-21-18-15-12-9-6-3)46-53-48(50)42-39-36-33-30-28-25-23-20-17-14-11-8-5-2/h15,18,20,23,47H,4-14,16-17,19,21-22,24-46H2,1-3H3/b18-15-,23-20-. The average Bonchev–Trinajstić information content (AvgIpc) is 3.17. The minimum Gasteiger partial charge on any atom is -0.462 e. The first-order chi connectivity index (χ1) is 26.6. The summed E-state index contributed by atoms with van der Waals surface area (Å²) in [5.41, 5.74) is 0. The number of rotatable bonds is 44. The fourth-order valence-electron chi connectivity index (χ4n) is 6.84. The average molecular weight is 761 g/mol. The number of carbonyl (C=O) groups excluding carboxylic acids is 2. The third-order valence-corrected chi connectivity index (χ3v) is 10.5. The Hall–Kier alpha value is -1.62. The first-order valence-corrected chi connectivity index (χ1v) is 23.9. The molecule has 0 aliphatic heterocycles. The molecular formula is C49H92O5. The Labute approximate surface area is 337 Å². The molecule has 318 valence electrons. The molecule has 1 atom stereocenters. The lowest BCUT2D eigenvalue weighted by molar-refractivity contribution is -0.163. The van der Waals surface area contributed by atoms with Crippen LogP contribution >= 0.6 is 0 Å². The quantitative estimate of drug-likeness (QED) is 0.0352. The lowest BCUT2D eigenvalue weighted by Gasteiger charge is -2.18. The summed E-state index contributed by atoms with van der Waals surface area (Å²) in [6.45, 7) is 7.79. The Morgan fingerprint density at radius 2 is 0.741 bits per heavy atom. The number of allylic oxidation sites excluding steroid dienone is 4. The van der Waals surface area contributed by atoms with Gasteiger partial charge in [-0.15, -0.1) is 0 Å². The fraction of sp³-hybridized carbons (Fsp3) is 0.878. The van der Waals surface area contributed by atoms with Gasteiger partial charge in [0.1, 0.15) is 6.61 Å². The van der Waals surface area contributed by atoms with E-state index in [4.69, 9.17) is 14.2 Å². The molecule has 0 saturated carbocycles. The monoisotopic (exact) mass is 761 g/mol. The Morgan fingerprint density at radius 1 is 0.389 bits per heavy atom. The van der Waals surface area contributed by atoms with Crippen LogP contribution in [0.2, 0.25) is 0 Å². The predicted octanol–water partition coefficient (Wildman–Crippen LogP) is 15.7. The summed E-state index contributed by atoms with van der Waals surface area (Å²) >= 11 is 0. The minimum atomic E-state index is -0.535. The maximum atomic E-state index is 12.7. The number of hydrogen-bond acceptors (Lipinski definition) is 5. The zero-order chi connectivity index (χ0) is 39.3. The van der Waals surface area contributed by atoms with Crippen LogP contribution in [-0.2, 0) is 23.8 Å². The Bertz CT molecular complexity index is 821. The summed E-state index contributed by atoms with van der Waals surface area (Å²) in [4.78, 5) is 25.2. The third kappa shape index (κ3) is 43.1. The molecule has 0 aromatic heterocycles. The van der Waals surface area contributed by atoms with Crippen molar-refractivity contribution in [2.45, 2.75) is 258 Å². The second kappa shape index (κ2) is 45.8. The molecule has 1 unspecified atom stereocenters. The van der Waals surface area contributed by atoms with E-state index < -0.39 is 6.10 Å². The van der Waals surface area contributed by atoms with E-state index in [1.54, 1.807) is 0 Å². The van der Waals surface area contributed by atoms with Crippen LogP contribution in [0.15, 0.2) is 24.3 Å². The lowest BCUT2D eigenvalue weighted by atomic mass is 10.0. The fourth-order valence-corrected chi connectivity index (χ4v) is 6.84. The predicted molar refractivity (Wildman–Crippen MR) is 233 cm³/mol. The van der Waals surface area contributed by atoms with Gasteiger partial charge in [-0.05, 0) is 64.2 Å². The van der Waals surface area contributed by atoms with E-state index in [9.17, 15) is 9.59 Å². The molecule has 0 heterocycles. The van der Waals surface area contributed by atoms with Crippen molar-refractivity contribution in [3.05, 3.63) is 24.3 Å². The van der Waals surface area contributed by atoms with E-state index >= 15 is 0 Å². The van der Waals surface area contributed by atoms with Crippen molar-refractivity contribution < 1.29 is 23.8 Å². The molecule has 0 rings (SSSR count). The SMILES string of the molecule is CCCC/C=C\CCCCCCCC(=O)OC(COCCCCCCCCCCCCCCCC)COC(=O)CCCCCCC/C=C\CCCCCC. The van der Waals surface area contributed by atoms with Gasteiger partial charge in [0, 0.05) is 19.4 Å². The molecule has 0 saturated heterocycles. The highest BCUT2D eigenvalue weighted by molar-refractivity contribution is 5.70. The number of carbonyl (C=O) groups is 2. The van der Waals surface area contributed by atoms with Gasteiger partial charge in [0.2, 0.25) is 0 Å². The molecule has 0 spiro atoms. The van der Waals surface area contributed by atoms with Gasteiger partial charge in [0.05, 0.1) is 6.61 Å². The molecule has 0 fully saturated rings. The minimum absolute atomic E-state index is 0.0832. The van der Waals surface area contributed by atoms with Crippen LogP contribution in [0.4, 0.5) is 0 Å². The summed E-state index contributed by atoms with van der Waals surface area (Å²) in [5.74, 6) is -0.407. The molecule has 5 heteroatoms. The molecule has 0 bridgehead atoms. The van der Waals surface area contributed by atoms with Crippen LogP contribution < -0.4 is 0 Å². The largest absolute Gasteiger partial charge is 0.462 e. The van der Waals surface area contributed by atoms with Gasteiger partial charge in [-0.3, -0.25) is 9.59 Å². The van der Waals surface area contributed by atoms with Crippen LogP contribution in [0.1, 0.15) is 252 Å². The molecule has 0 aliphatic carbocycles. The molecular weight excluding hydrogens is 669 g/mol. The molecule has 0 radical (unpaired) electrons. The summed E-state index contributed by atoms with van der Waals surface area (Å²) in [6.07, 6.45) is 51.7. The number of ether oxygens (including phenoxy) is 3. The Kier molecular flexibility index (Phi) is 44.4. The zero-order valence-corrected chi connectivity index (χ0v) is 36.5. The van der Waals surface area contributed by atoms with E-state index in [2.05, 4.69) is 45.1 Å². The van der Waals surface area contributed by atoms with Crippen molar-refractivity contribution in [2.24, 2.45) is 0 Å². The number of unbranched alkanes of at least 4 members (excludes halogenated alkanes) is 29. The van der Waals surface area contributed by atoms with Crippen molar-refractivity contribution in [3.8, 4) is 0 Å². The van der Waals surface area contributed by atoms with Crippen LogP contribution in [-0.4, -0.2) is 37.9 Å². The van der Waals surface area contributed by atoms with Gasteiger partial charge in [0.15, 0.2) is 6.10 Å². The summed E-state index contributed by atoms with van der Waals surface area (Å²) < 4.78 is 17.3. The lowest BCUT2D eigenvalue weighted by Crippen LogP contribution is -2.30. The van der Waals surface area contributed by atoms with E-state index in [1.807, 2.05) is 0 Å². The number of hydrogen-bond donors (Lipinski definition) is 0. The van der Waals surface area contributed by atoms with Crippen molar-refractivity contribution >= 4 is 11.9 Å². The topological polar surface area (TPSA) is 61.8 Å². The van der Waals surface area contributed by atoms with Gasteiger partial charge in [0.25, 0.3) is 0 Å². The van der Waals surface area contributed by atoms with E-state index in [0.717, 1.165) is 57.8 Å². The maximum Gasteiger partial charge on any atom is 0.306 e. The Morgan fingerprint density at radius 3 is 1.20 bits per heavy atom. The zero-order valence-electron chi connectivity index (χ0n) is 36.5. The Balaban J connectivity index is 4.23. The van der Waals surface area contributed by atoms with E-state index in [1.165, 1.54) is 161 Å². The first kappa shape index (κ1) is 52.4. The van der Waals surface area contributed by atoms with Gasteiger partial charge in [-0.2, -0.15) is 0 Å². The molecule has 0 N–H and O–H groups in total. The molecule has 54 heavy (non-hydrogen) atoms. The van der Waals surface area contributed by atoms with Crippen molar-refractivity contribution in [2.75, 3.05) is 19.8 Å². The van der Waals surface area contributed by atoms with Gasteiger partial charge in [-0.1, -0.05) is 199 Å². The van der Waals surface area contributed by atoms with Crippen LogP contribution in [0, 0.1) is 0 Å². The normalized spacial score (nSPS) is 12.3. The molecule has 0 amide bonds. The summed E-state index contributed by atoms with van der Waals surface area (Å²) in [7, 11) is 0. The first-order valence-electron chi connectivity index (χ1n) is 23.9. The van der Waals surface area contributed by atoms with Crippen molar-refractivity contribution in [3.63, 3.8) is 0 Å². The highest BCUT2D eigenvalue weighted by Gasteiger charge is 2.17. The smallest absolute Gasteiger partial charge is 0.306 e. The van der Waals surface area contributed by atoms with Gasteiger partial charge in [-0.25, -0.2) is 0 Å². The summed E-state index contributed by atoms with van der Waals surface area (Å²) in [5, 5.41) is 0. The van der Waals surface area contributed by atoms with Crippen LogP contribution in [0.25, 0.3) is 0 Å². The highest BCUT2D eigenvalue weighted by Crippen LogP contribution is 2.15. The van der Waals surface area contributed by atoms with Crippen molar-refractivity contribution in [1.29, 1.82) is 0 Å². The second-order valence-corrected chi connectivity index (χ2v) is 16.0. The van der Waals surface area contributed by atoms with Crippen LogP contribution in [0.5, 0.6) is 0 Å². The molecule has 0 aliphatic rings. The van der Waals surface area contributed by atoms with Crippen molar-refractivity contribution in [1.82, 2.24) is 0 Å². The second-order valence-electron chi connectivity index (χ2n) is 16.0. The highest BCUT2D eigenvalue weighted by atomic mass is 16.6.